The van der Waals surface area contributed by atoms with Crippen LogP contribution in [0.2, 0.25) is 0 Å². The molecule has 1 aromatic heterocycles. The highest BCUT2D eigenvalue weighted by Gasteiger charge is 2.34. The van der Waals surface area contributed by atoms with Crippen LogP contribution in [0.15, 0.2) is 53.1 Å². The Kier molecular flexibility index (Phi) is 3.67. The van der Waals surface area contributed by atoms with E-state index in [0.29, 0.717) is 11.8 Å². The number of furan rings is 1. The van der Waals surface area contributed by atoms with Crippen LogP contribution in [-0.4, -0.2) is 24.5 Å². The number of nitrogens with zero attached hydrogens (tertiary/aromatic N) is 1. The van der Waals surface area contributed by atoms with E-state index in [1.807, 2.05) is 6.07 Å². The van der Waals surface area contributed by atoms with Gasteiger partial charge < -0.3 is 10.2 Å². The highest BCUT2D eigenvalue weighted by atomic mass is 16.3. The highest BCUT2D eigenvalue weighted by Crippen LogP contribution is 2.33. The van der Waals surface area contributed by atoms with Crippen molar-refractivity contribution < 1.29 is 4.42 Å². The predicted molar refractivity (Wildman–Crippen MR) is 75.7 cm³/mol. The zero-order chi connectivity index (χ0) is 13.1. The van der Waals surface area contributed by atoms with Gasteiger partial charge in [-0.15, -0.1) is 0 Å². The van der Waals surface area contributed by atoms with Gasteiger partial charge in [-0.3, -0.25) is 4.90 Å². The first-order chi connectivity index (χ1) is 9.36. The van der Waals surface area contributed by atoms with Crippen LogP contribution in [0.5, 0.6) is 0 Å². The monoisotopic (exact) mass is 256 g/mol. The lowest BCUT2D eigenvalue weighted by Crippen LogP contribution is -2.23. The van der Waals surface area contributed by atoms with Crippen LogP contribution in [0, 0.1) is 5.92 Å². The minimum atomic E-state index is 0.434. The Balaban J connectivity index is 1.70. The smallest absolute Gasteiger partial charge is 0.108 e. The van der Waals surface area contributed by atoms with Gasteiger partial charge in [-0.05, 0) is 30.2 Å². The lowest BCUT2D eigenvalue weighted by molar-refractivity contribution is 0.315. The molecule has 100 valence electrons. The Labute approximate surface area is 114 Å². The van der Waals surface area contributed by atoms with E-state index in [2.05, 4.69) is 41.3 Å². The minimum absolute atomic E-state index is 0.434. The number of nitrogens with two attached hydrogens (primary N) is 1. The van der Waals surface area contributed by atoms with Gasteiger partial charge in [0.25, 0.3) is 0 Å². The van der Waals surface area contributed by atoms with Gasteiger partial charge in [0, 0.05) is 25.6 Å². The Morgan fingerprint density at radius 3 is 2.63 bits per heavy atom. The van der Waals surface area contributed by atoms with Crippen LogP contribution < -0.4 is 5.73 Å². The van der Waals surface area contributed by atoms with Crippen LogP contribution in [0.1, 0.15) is 17.2 Å². The van der Waals surface area contributed by atoms with Gasteiger partial charge in [-0.25, -0.2) is 0 Å². The molecule has 2 heterocycles. The molecule has 2 aromatic rings. The van der Waals surface area contributed by atoms with Gasteiger partial charge in [0.1, 0.15) is 5.76 Å². The average Bonchev–Trinajstić information content (AvgIpc) is 3.08. The van der Waals surface area contributed by atoms with E-state index in [0.717, 1.165) is 31.9 Å². The molecule has 0 radical (unpaired) electrons. The third kappa shape index (κ3) is 2.72. The number of hydrogen-bond donors (Lipinski definition) is 1. The van der Waals surface area contributed by atoms with E-state index in [1.54, 1.807) is 6.26 Å². The molecule has 1 fully saturated rings. The SMILES string of the molecule is NC[C@H]1CN(Cc2ccccc2)C[C@@H]1c1ccco1. The molecule has 0 bridgehead atoms. The number of benzene rings is 1. The zero-order valence-corrected chi connectivity index (χ0v) is 11.0. The second-order valence-corrected chi connectivity index (χ2v) is 5.30. The maximum absolute atomic E-state index is 5.92. The van der Waals surface area contributed by atoms with Gasteiger partial charge in [-0.2, -0.15) is 0 Å². The molecule has 0 unspecified atom stereocenters. The summed E-state index contributed by atoms with van der Waals surface area (Å²) in [5, 5.41) is 0. The summed E-state index contributed by atoms with van der Waals surface area (Å²) < 4.78 is 5.57. The van der Waals surface area contributed by atoms with E-state index in [-0.39, 0.29) is 0 Å². The third-order valence-electron chi connectivity index (χ3n) is 3.98. The molecule has 0 spiro atoms. The number of rotatable bonds is 4. The van der Waals surface area contributed by atoms with Gasteiger partial charge >= 0.3 is 0 Å². The molecule has 1 aliphatic heterocycles. The summed E-state index contributed by atoms with van der Waals surface area (Å²) in [6, 6.07) is 14.6. The molecule has 0 saturated carbocycles. The summed E-state index contributed by atoms with van der Waals surface area (Å²) in [6.07, 6.45) is 1.75. The summed E-state index contributed by atoms with van der Waals surface area (Å²) in [4.78, 5) is 2.47. The molecule has 19 heavy (non-hydrogen) atoms. The fourth-order valence-electron chi connectivity index (χ4n) is 2.99. The maximum atomic E-state index is 5.92. The lowest BCUT2D eigenvalue weighted by Gasteiger charge is -2.15. The Hall–Kier alpha value is -1.58. The van der Waals surface area contributed by atoms with E-state index in [4.69, 9.17) is 10.2 Å². The highest BCUT2D eigenvalue weighted by molar-refractivity contribution is 5.16. The van der Waals surface area contributed by atoms with Gasteiger partial charge in [-0.1, -0.05) is 30.3 Å². The van der Waals surface area contributed by atoms with Crippen LogP contribution in [-0.2, 0) is 6.54 Å². The van der Waals surface area contributed by atoms with Crippen molar-refractivity contribution in [1.82, 2.24) is 4.90 Å². The largest absolute Gasteiger partial charge is 0.469 e. The predicted octanol–water partition coefficient (Wildman–Crippen LogP) is 2.45. The average molecular weight is 256 g/mol. The van der Waals surface area contributed by atoms with Crippen LogP contribution >= 0.6 is 0 Å². The van der Waals surface area contributed by atoms with Crippen molar-refractivity contribution in [2.45, 2.75) is 12.5 Å². The van der Waals surface area contributed by atoms with Crippen LogP contribution in [0.25, 0.3) is 0 Å². The molecule has 3 rings (SSSR count). The lowest BCUT2D eigenvalue weighted by atomic mass is 9.94. The molecular weight excluding hydrogens is 236 g/mol. The van der Waals surface area contributed by atoms with E-state index >= 15 is 0 Å². The first kappa shape index (κ1) is 12.5. The molecule has 3 nitrogen and oxygen atoms in total. The molecule has 1 aromatic carbocycles. The van der Waals surface area contributed by atoms with Crippen molar-refractivity contribution in [3.05, 3.63) is 60.1 Å². The molecule has 0 aliphatic carbocycles. The molecular formula is C16H20N2O. The fourth-order valence-corrected chi connectivity index (χ4v) is 2.99. The molecule has 2 atom stereocenters. The minimum Gasteiger partial charge on any atom is -0.469 e. The third-order valence-corrected chi connectivity index (χ3v) is 3.98. The Morgan fingerprint density at radius 2 is 1.95 bits per heavy atom. The van der Waals surface area contributed by atoms with Crippen LogP contribution in [0.3, 0.4) is 0 Å². The first-order valence-corrected chi connectivity index (χ1v) is 6.86. The Bertz CT molecular complexity index is 495. The maximum Gasteiger partial charge on any atom is 0.108 e. The quantitative estimate of drug-likeness (QED) is 0.913. The molecule has 1 saturated heterocycles. The number of likely N-dealkylation sites (tertiary alicyclic amines) is 1. The summed E-state index contributed by atoms with van der Waals surface area (Å²) in [7, 11) is 0. The van der Waals surface area contributed by atoms with E-state index < -0.39 is 0 Å². The number of hydrogen-bond acceptors (Lipinski definition) is 3. The van der Waals surface area contributed by atoms with Crippen molar-refractivity contribution >= 4 is 0 Å². The molecule has 0 amide bonds. The second-order valence-electron chi connectivity index (χ2n) is 5.30. The van der Waals surface area contributed by atoms with E-state index in [9.17, 15) is 0 Å². The first-order valence-electron chi connectivity index (χ1n) is 6.86. The zero-order valence-electron chi connectivity index (χ0n) is 11.0. The topological polar surface area (TPSA) is 42.4 Å². The van der Waals surface area contributed by atoms with Gasteiger partial charge in [0.2, 0.25) is 0 Å². The summed E-state index contributed by atoms with van der Waals surface area (Å²) in [5.41, 5.74) is 7.28. The molecule has 2 N–H and O–H groups in total. The summed E-state index contributed by atoms with van der Waals surface area (Å²) >= 11 is 0. The molecule has 3 heteroatoms. The van der Waals surface area contributed by atoms with Crippen molar-refractivity contribution in [3.8, 4) is 0 Å². The fraction of sp³-hybridized carbons (Fsp3) is 0.375. The summed E-state index contributed by atoms with van der Waals surface area (Å²) in [5.74, 6) is 2.00. The van der Waals surface area contributed by atoms with Crippen molar-refractivity contribution in [3.63, 3.8) is 0 Å². The Morgan fingerprint density at radius 1 is 1.11 bits per heavy atom. The van der Waals surface area contributed by atoms with Crippen molar-refractivity contribution in [2.75, 3.05) is 19.6 Å². The van der Waals surface area contributed by atoms with Crippen molar-refractivity contribution in [2.24, 2.45) is 11.7 Å². The van der Waals surface area contributed by atoms with E-state index in [1.165, 1.54) is 5.56 Å². The van der Waals surface area contributed by atoms with Gasteiger partial charge in [0.15, 0.2) is 0 Å². The standard InChI is InChI=1S/C16H20N2O/c17-9-14-11-18(10-13-5-2-1-3-6-13)12-15(14)16-7-4-8-19-16/h1-8,14-15H,9-12,17H2/t14-,15-/m0/s1. The van der Waals surface area contributed by atoms with Crippen molar-refractivity contribution in [1.29, 1.82) is 0 Å². The summed E-state index contributed by atoms with van der Waals surface area (Å²) in [6.45, 7) is 3.80. The normalized spacial score (nSPS) is 23.8. The van der Waals surface area contributed by atoms with Crippen LogP contribution in [0.4, 0.5) is 0 Å². The second kappa shape index (κ2) is 5.59. The van der Waals surface area contributed by atoms with Gasteiger partial charge in [0.05, 0.1) is 6.26 Å². The molecule has 1 aliphatic rings.